The van der Waals surface area contributed by atoms with Crippen molar-refractivity contribution in [3.8, 4) is 0 Å². The van der Waals surface area contributed by atoms with Gasteiger partial charge in [-0.1, -0.05) is 11.6 Å². The summed E-state index contributed by atoms with van der Waals surface area (Å²) in [5.41, 5.74) is 1.51. The number of fused-ring (bicyclic) bond motifs is 1. The monoisotopic (exact) mass is 263 g/mol. The first-order valence-corrected chi connectivity index (χ1v) is 6.40. The fourth-order valence-corrected chi connectivity index (χ4v) is 2.45. The van der Waals surface area contributed by atoms with Crippen LogP contribution in [0.3, 0.4) is 0 Å². The molecule has 5 heteroatoms. The Hall–Kier alpha value is -1.52. The summed E-state index contributed by atoms with van der Waals surface area (Å²) in [4.78, 5) is 15.2. The number of aromatic nitrogens is 1. The van der Waals surface area contributed by atoms with Crippen molar-refractivity contribution in [3.05, 3.63) is 35.0 Å². The Bertz CT molecular complexity index is 587. The van der Waals surface area contributed by atoms with Gasteiger partial charge in [-0.25, -0.2) is 0 Å². The number of rotatable bonds is 2. The van der Waals surface area contributed by atoms with Gasteiger partial charge in [-0.2, -0.15) is 0 Å². The van der Waals surface area contributed by atoms with Crippen LogP contribution >= 0.6 is 11.6 Å². The van der Waals surface area contributed by atoms with E-state index in [1.807, 2.05) is 24.3 Å². The summed E-state index contributed by atoms with van der Waals surface area (Å²) < 4.78 is 0. The van der Waals surface area contributed by atoms with Crippen LogP contribution in [-0.2, 0) is 0 Å². The van der Waals surface area contributed by atoms with Gasteiger partial charge in [-0.15, -0.1) is 0 Å². The minimum atomic E-state index is -0.0592. The van der Waals surface area contributed by atoms with Crippen molar-refractivity contribution >= 4 is 28.4 Å². The molecule has 0 spiro atoms. The summed E-state index contributed by atoms with van der Waals surface area (Å²) in [5.74, 6) is -0.0592. The SMILES string of the molecule is O=C(N[C@@H]1CCNC1)c1cc2cc(Cl)ccc2[nH]1. The molecule has 1 fully saturated rings. The van der Waals surface area contributed by atoms with E-state index in [0.717, 1.165) is 30.4 Å². The molecule has 1 atom stereocenters. The highest BCUT2D eigenvalue weighted by Crippen LogP contribution is 2.20. The second-order valence-corrected chi connectivity index (χ2v) is 5.01. The molecule has 1 aliphatic rings. The molecule has 1 aromatic heterocycles. The molecule has 2 heterocycles. The van der Waals surface area contributed by atoms with Gasteiger partial charge in [-0.3, -0.25) is 4.79 Å². The van der Waals surface area contributed by atoms with Crippen LogP contribution in [0.1, 0.15) is 16.9 Å². The van der Waals surface area contributed by atoms with E-state index in [1.165, 1.54) is 0 Å². The molecule has 0 saturated carbocycles. The van der Waals surface area contributed by atoms with Crippen molar-refractivity contribution in [1.82, 2.24) is 15.6 Å². The molecule has 3 rings (SSSR count). The summed E-state index contributed by atoms with van der Waals surface area (Å²) in [7, 11) is 0. The maximum atomic E-state index is 12.1. The third-order valence-corrected chi connectivity index (χ3v) is 3.46. The number of carbonyl (C=O) groups excluding carboxylic acids is 1. The molecule has 0 radical (unpaired) electrons. The summed E-state index contributed by atoms with van der Waals surface area (Å²) in [5, 5.41) is 7.86. The van der Waals surface area contributed by atoms with Gasteiger partial charge in [0.05, 0.1) is 0 Å². The molecular formula is C13H14ClN3O. The Morgan fingerprint density at radius 1 is 1.39 bits per heavy atom. The number of nitrogens with one attached hydrogen (secondary N) is 3. The van der Waals surface area contributed by atoms with Crippen molar-refractivity contribution in [1.29, 1.82) is 0 Å². The fourth-order valence-electron chi connectivity index (χ4n) is 2.27. The lowest BCUT2D eigenvalue weighted by molar-refractivity contribution is 0.0936. The molecule has 1 saturated heterocycles. The molecule has 3 N–H and O–H groups in total. The highest BCUT2D eigenvalue weighted by molar-refractivity contribution is 6.31. The molecular weight excluding hydrogens is 250 g/mol. The van der Waals surface area contributed by atoms with Crippen LogP contribution in [0.15, 0.2) is 24.3 Å². The summed E-state index contributed by atoms with van der Waals surface area (Å²) >= 11 is 5.92. The molecule has 18 heavy (non-hydrogen) atoms. The quantitative estimate of drug-likeness (QED) is 0.775. The maximum absolute atomic E-state index is 12.1. The molecule has 94 valence electrons. The maximum Gasteiger partial charge on any atom is 0.267 e. The molecule has 2 aromatic rings. The number of hydrogen-bond acceptors (Lipinski definition) is 2. The van der Waals surface area contributed by atoms with Crippen molar-refractivity contribution in [2.75, 3.05) is 13.1 Å². The van der Waals surface area contributed by atoms with Gasteiger partial charge < -0.3 is 15.6 Å². The predicted octanol–water partition coefficient (Wildman–Crippen LogP) is 1.91. The standard InChI is InChI=1S/C13H14ClN3O/c14-9-1-2-11-8(5-9)6-12(17-11)13(18)16-10-3-4-15-7-10/h1-2,5-6,10,15,17H,3-4,7H2,(H,16,18)/t10-/m1/s1. The van der Waals surface area contributed by atoms with Crippen LogP contribution < -0.4 is 10.6 Å². The number of benzene rings is 1. The van der Waals surface area contributed by atoms with Crippen molar-refractivity contribution < 1.29 is 4.79 Å². The largest absolute Gasteiger partial charge is 0.351 e. The number of aromatic amines is 1. The minimum absolute atomic E-state index is 0.0592. The molecule has 1 aliphatic heterocycles. The number of halogens is 1. The second-order valence-electron chi connectivity index (χ2n) is 4.58. The topological polar surface area (TPSA) is 56.9 Å². The van der Waals surface area contributed by atoms with Gasteiger partial charge in [0, 0.05) is 28.5 Å². The van der Waals surface area contributed by atoms with Crippen LogP contribution in [0.5, 0.6) is 0 Å². The van der Waals surface area contributed by atoms with Gasteiger partial charge in [0.15, 0.2) is 0 Å². The van der Waals surface area contributed by atoms with E-state index in [1.54, 1.807) is 0 Å². The number of carbonyl (C=O) groups is 1. The van der Waals surface area contributed by atoms with E-state index in [4.69, 9.17) is 11.6 Å². The Morgan fingerprint density at radius 2 is 2.28 bits per heavy atom. The highest BCUT2D eigenvalue weighted by atomic mass is 35.5. The van der Waals surface area contributed by atoms with Crippen molar-refractivity contribution in [2.24, 2.45) is 0 Å². The van der Waals surface area contributed by atoms with Gasteiger partial charge in [-0.05, 0) is 37.2 Å². The van der Waals surface area contributed by atoms with Gasteiger partial charge in [0.1, 0.15) is 5.69 Å². The lowest BCUT2D eigenvalue weighted by atomic mass is 10.2. The van der Waals surface area contributed by atoms with E-state index in [-0.39, 0.29) is 11.9 Å². The summed E-state index contributed by atoms with van der Waals surface area (Å²) in [6.45, 7) is 1.81. The van der Waals surface area contributed by atoms with Gasteiger partial charge in [0.2, 0.25) is 0 Å². The molecule has 4 nitrogen and oxygen atoms in total. The zero-order chi connectivity index (χ0) is 12.5. The highest BCUT2D eigenvalue weighted by Gasteiger charge is 2.18. The normalized spacial score (nSPS) is 19.3. The van der Waals surface area contributed by atoms with E-state index in [9.17, 15) is 4.79 Å². The van der Waals surface area contributed by atoms with Crippen molar-refractivity contribution in [3.63, 3.8) is 0 Å². The number of hydrogen-bond donors (Lipinski definition) is 3. The van der Waals surface area contributed by atoms with Crippen LogP contribution in [-0.4, -0.2) is 30.0 Å². The molecule has 0 bridgehead atoms. The van der Waals surface area contributed by atoms with E-state index in [2.05, 4.69) is 15.6 Å². The zero-order valence-corrected chi connectivity index (χ0v) is 10.6. The first-order chi connectivity index (χ1) is 8.72. The van der Waals surface area contributed by atoms with Crippen LogP contribution in [0.2, 0.25) is 5.02 Å². The molecule has 0 aliphatic carbocycles. The number of amides is 1. The zero-order valence-electron chi connectivity index (χ0n) is 9.79. The average Bonchev–Trinajstić information content (AvgIpc) is 2.96. The van der Waals surface area contributed by atoms with E-state index in [0.29, 0.717) is 10.7 Å². The van der Waals surface area contributed by atoms with Gasteiger partial charge in [0.25, 0.3) is 5.91 Å². The summed E-state index contributed by atoms with van der Waals surface area (Å²) in [6.07, 6.45) is 0.984. The van der Waals surface area contributed by atoms with E-state index >= 15 is 0 Å². The molecule has 1 aromatic carbocycles. The Balaban J connectivity index is 1.82. The third-order valence-electron chi connectivity index (χ3n) is 3.22. The fraction of sp³-hybridized carbons (Fsp3) is 0.308. The van der Waals surface area contributed by atoms with Crippen molar-refractivity contribution in [2.45, 2.75) is 12.5 Å². The predicted molar refractivity (Wildman–Crippen MR) is 72.0 cm³/mol. The van der Waals surface area contributed by atoms with Crippen LogP contribution in [0.25, 0.3) is 10.9 Å². The molecule has 1 amide bonds. The van der Waals surface area contributed by atoms with Crippen LogP contribution in [0, 0.1) is 0 Å². The lowest BCUT2D eigenvalue weighted by Crippen LogP contribution is -2.36. The third kappa shape index (κ3) is 2.21. The lowest BCUT2D eigenvalue weighted by Gasteiger charge is -2.09. The Labute approximate surface area is 110 Å². The number of H-pyrrole nitrogens is 1. The Kier molecular flexibility index (Phi) is 2.97. The Morgan fingerprint density at radius 3 is 3.06 bits per heavy atom. The van der Waals surface area contributed by atoms with Gasteiger partial charge >= 0.3 is 0 Å². The smallest absolute Gasteiger partial charge is 0.267 e. The second kappa shape index (κ2) is 4.63. The summed E-state index contributed by atoms with van der Waals surface area (Å²) in [6, 6.07) is 7.60. The molecule has 0 unspecified atom stereocenters. The average molecular weight is 264 g/mol. The van der Waals surface area contributed by atoms with E-state index < -0.39 is 0 Å². The van der Waals surface area contributed by atoms with Crippen LogP contribution in [0.4, 0.5) is 0 Å². The minimum Gasteiger partial charge on any atom is -0.351 e. The first kappa shape index (κ1) is 11.6. The first-order valence-electron chi connectivity index (χ1n) is 6.02.